The fraction of sp³-hybridized carbons (Fsp3) is 0.429. The Hall–Kier alpha value is -1.08. The van der Waals surface area contributed by atoms with Crippen LogP contribution in [0, 0.1) is 13.8 Å². The first kappa shape index (κ1) is 10.4. The Labute approximate surface area is 92.2 Å². The van der Waals surface area contributed by atoms with Gasteiger partial charge in [0.1, 0.15) is 0 Å². The fourth-order valence-corrected chi connectivity index (χ4v) is 2.11. The number of benzene rings is 1. The van der Waals surface area contributed by atoms with Crippen molar-refractivity contribution in [2.75, 3.05) is 6.54 Å². The van der Waals surface area contributed by atoms with Crippen molar-refractivity contribution in [2.24, 2.45) is 0 Å². The number of rotatable bonds is 2. The van der Waals surface area contributed by atoms with Gasteiger partial charge in [-0.05, 0) is 44.4 Å². The Morgan fingerprint density at radius 1 is 1.33 bits per heavy atom. The quantitative estimate of drug-likeness (QED) is 0.775. The van der Waals surface area contributed by atoms with Crippen LogP contribution in [0.3, 0.4) is 0 Å². The minimum Gasteiger partial charge on any atom is -0.311 e. The number of hydrogen-bond donors (Lipinski definition) is 1. The molecule has 1 saturated heterocycles. The van der Waals surface area contributed by atoms with Gasteiger partial charge in [0.15, 0.2) is 0 Å². The van der Waals surface area contributed by atoms with Crippen LogP contribution in [-0.4, -0.2) is 12.6 Å². The average Bonchev–Trinajstić information content (AvgIpc) is 2.69. The Morgan fingerprint density at radius 3 is 2.87 bits per heavy atom. The first-order valence-electron chi connectivity index (χ1n) is 5.74. The van der Waals surface area contributed by atoms with Crippen LogP contribution in [0.4, 0.5) is 0 Å². The SMILES string of the molecule is Cc1ccc(/C=C/C2CCCN2)c(C)c1. The molecular formula is C14H19N. The van der Waals surface area contributed by atoms with E-state index in [2.05, 4.69) is 49.5 Å². The van der Waals surface area contributed by atoms with Gasteiger partial charge in [0.2, 0.25) is 0 Å². The van der Waals surface area contributed by atoms with Crippen molar-refractivity contribution in [3.05, 3.63) is 41.0 Å². The topological polar surface area (TPSA) is 12.0 Å². The molecular weight excluding hydrogens is 182 g/mol. The molecule has 1 atom stereocenters. The van der Waals surface area contributed by atoms with E-state index in [1.165, 1.54) is 36.1 Å². The summed E-state index contributed by atoms with van der Waals surface area (Å²) < 4.78 is 0. The van der Waals surface area contributed by atoms with Crippen LogP contribution < -0.4 is 5.32 Å². The van der Waals surface area contributed by atoms with Gasteiger partial charge in [0.05, 0.1) is 0 Å². The van der Waals surface area contributed by atoms with Gasteiger partial charge in [0, 0.05) is 6.04 Å². The van der Waals surface area contributed by atoms with Crippen molar-refractivity contribution < 1.29 is 0 Å². The van der Waals surface area contributed by atoms with Crippen LogP contribution in [0.2, 0.25) is 0 Å². The Morgan fingerprint density at radius 2 is 2.20 bits per heavy atom. The lowest BCUT2D eigenvalue weighted by molar-refractivity contribution is 0.730. The molecule has 15 heavy (non-hydrogen) atoms. The zero-order valence-electron chi connectivity index (χ0n) is 9.59. The van der Waals surface area contributed by atoms with Crippen LogP contribution in [0.15, 0.2) is 24.3 Å². The largest absolute Gasteiger partial charge is 0.311 e. The minimum atomic E-state index is 0.589. The maximum Gasteiger partial charge on any atom is 0.0253 e. The minimum absolute atomic E-state index is 0.589. The lowest BCUT2D eigenvalue weighted by Crippen LogP contribution is -2.17. The Kier molecular flexibility index (Phi) is 3.22. The van der Waals surface area contributed by atoms with Gasteiger partial charge in [-0.3, -0.25) is 0 Å². The Balaban J connectivity index is 2.09. The lowest BCUT2D eigenvalue weighted by atomic mass is 10.0. The summed E-state index contributed by atoms with van der Waals surface area (Å²) in [6.07, 6.45) is 7.13. The van der Waals surface area contributed by atoms with E-state index in [1.807, 2.05) is 0 Å². The Bertz CT molecular complexity index is 360. The lowest BCUT2D eigenvalue weighted by Gasteiger charge is -2.04. The fourth-order valence-electron chi connectivity index (χ4n) is 2.11. The van der Waals surface area contributed by atoms with E-state index in [-0.39, 0.29) is 0 Å². The highest BCUT2D eigenvalue weighted by atomic mass is 14.9. The van der Waals surface area contributed by atoms with Gasteiger partial charge < -0.3 is 5.32 Å². The van der Waals surface area contributed by atoms with Crippen molar-refractivity contribution >= 4 is 6.08 Å². The second kappa shape index (κ2) is 4.63. The van der Waals surface area contributed by atoms with Crippen molar-refractivity contribution in [3.63, 3.8) is 0 Å². The normalized spacial score (nSPS) is 21.3. The summed E-state index contributed by atoms with van der Waals surface area (Å²) in [4.78, 5) is 0. The van der Waals surface area contributed by atoms with Crippen molar-refractivity contribution in [2.45, 2.75) is 32.7 Å². The zero-order chi connectivity index (χ0) is 10.7. The molecule has 1 heterocycles. The van der Waals surface area contributed by atoms with E-state index in [0.29, 0.717) is 6.04 Å². The summed E-state index contributed by atoms with van der Waals surface area (Å²) in [5.41, 5.74) is 4.04. The standard InChI is InChI=1S/C14H19N/c1-11-5-6-13(12(2)10-11)7-8-14-4-3-9-15-14/h5-8,10,14-15H,3-4,9H2,1-2H3/b8-7+. The van der Waals surface area contributed by atoms with E-state index in [1.54, 1.807) is 0 Å². The van der Waals surface area contributed by atoms with E-state index in [0.717, 1.165) is 0 Å². The third-order valence-corrected chi connectivity index (χ3v) is 3.03. The molecule has 80 valence electrons. The van der Waals surface area contributed by atoms with E-state index in [4.69, 9.17) is 0 Å². The second-order valence-electron chi connectivity index (χ2n) is 4.42. The predicted molar refractivity (Wildman–Crippen MR) is 66.0 cm³/mol. The number of nitrogens with one attached hydrogen (secondary N) is 1. The number of aryl methyl sites for hydroxylation is 2. The summed E-state index contributed by atoms with van der Waals surface area (Å²) in [7, 11) is 0. The highest BCUT2D eigenvalue weighted by molar-refractivity contribution is 5.54. The van der Waals surface area contributed by atoms with E-state index in [9.17, 15) is 0 Å². The van der Waals surface area contributed by atoms with Crippen LogP contribution in [0.5, 0.6) is 0 Å². The zero-order valence-corrected chi connectivity index (χ0v) is 9.59. The molecule has 1 aromatic carbocycles. The van der Waals surface area contributed by atoms with Crippen LogP contribution in [0.1, 0.15) is 29.5 Å². The smallest absolute Gasteiger partial charge is 0.0253 e. The highest BCUT2D eigenvalue weighted by Crippen LogP contribution is 2.14. The summed E-state index contributed by atoms with van der Waals surface area (Å²) in [5.74, 6) is 0. The maximum absolute atomic E-state index is 3.47. The van der Waals surface area contributed by atoms with Crippen LogP contribution >= 0.6 is 0 Å². The van der Waals surface area contributed by atoms with E-state index < -0.39 is 0 Å². The average molecular weight is 201 g/mol. The molecule has 1 nitrogen and oxygen atoms in total. The van der Waals surface area contributed by atoms with Gasteiger partial charge >= 0.3 is 0 Å². The summed E-state index contributed by atoms with van der Waals surface area (Å²) in [6.45, 7) is 5.48. The molecule has 1 aliphatic heterocycles. The van der Waals surface area contributed by atoms with Crippen LogP contribution in [0.25, 0.3) is 6.08 Å². The van der Waals surface area contributed by atoms with Crippen molar-refractivity contribution in [3.8, 4) is 0 Å². The molecule has 1 fully saturated rings. The molecule has 2 rings (SSSR count). The third kappa shape index (κ3) is 2.69. The molecule has 1 aliphatic rings. The molecule has 0 aromatic heterocycles. The summed E-state index contributed by atoms with van der Waals surface area (Å²) in [6, 6.07) is 7.21. The van der Waals surface area contributed by atoms with Gasteiger partial charge in [-0.25, -0.2) is 0 Å². The van der Waals surface area contributed by atoms with E-state index >= 15 is 0 Å². The molecule has 0 radical (unpaired) electrons. The molecule has 1 aromatic rings. The molecule has 1 unspecified atom stereocenters. The van der Waals surface area contributed by atoms with Crippen LogP contribution in [-0.2, 0) is 0 Å². The number of hydrogen-bond acceptors (Lipinski definition) is 1. The molecule has 1 N–H and O–H groups in total. The monoisotopic (exact) mass is 201 g/mol. The predicted octanol–water partition coefficient (Wildman–Crippen LogP) is 3.07. The van der Waals surface area contributed by atoms with Gasteiger partial charge in [-0.15, -0.1) is 0 Å². The maximum atomic E-state index is 3.47. The summed E-state index contributed by atoms with van der Waals surface area (Å²) >= 11 is 0. The molecule has 0 spiro atoms. The summed E-state index contributed by atoms with van der Waals surface area (Å²) in [5, 5.41) is 3.47. The van der Waals surface area contributed by atoms with Crippen molar-refractivity contribution in [1.82, 2.24) is 5.32 Å². The molecule has 0 amide bonds. The van der Waals surface area contributed by atoms with Crippen molar-refractivity contribution in [1.29, 1.82) is 0 Å². The van der Waals surface area contributed by atoms with Gasteiger partial charge in [-0.2, -0.15) is 0 Å². The van der Waals surface area contributed by atoms with Gasteiger partial charge in [-0.1, -0.05) is 35.9 Å². The first-order valence-corrected chi connectivity index (χ1v) is 5.74. The molecule has 0 bridgehead atoms. The molecule has 1 heteroatoms. The second-order valence-corrected chi connectivity index (χ2v) is 4.42. The third-order valence-electron chi connectivity index (χ3n) is 3.03. The molecule has 0 aliphatic carbocycles. The highest BCUT2D eigenvalue weighted by Gasteiger charge is 2.09. The molecule has 0 saturated carbocycles. The van der Waals surface area contributed by atoms with Gasteiger partial charge in [0.25, 0.3) is 0 Å². The first-order chi connectivity index (χ1) is 7.25.